The molecule has 0 bridgehead atoms. The maximum Gasteiger partial charge on any atom is 0.243 e. The molecule has 0 aliphatic rings. The van der Waals surface area contributed by atoms with Crippen LogP contribution in [0.25, 0.3) is 0 Å². The molecule has 0 spiro atoms. The molecule has 5 heteroatoms. The smallest absolute Gasteiger partial charge is 0.243 e. The molecule has 12 heavy (non-hydrogen) atoms. The first-order valence-electron chi connectivity index (χ1n) is 3.22. The molecule has 0 aliphatic carbocycles. The first-order chi connectivity index (χ1) is 5.59. The normalized spacial score (nSPS) is 11.7. The summed E-state index contributed by atoms with van der Waals surface area (Å²) in [5, 5.41) is 9.47. The maximum absolute atomic E-state index is 10.5. The zero-order valence-electron chi connectivity index (χ0n) is 6.36. The van der Waals surface area contributed by atoms with E-state index in [4.69, 9.17) is 16.8 Å². The zero-order chi connectivity index (χ0) is 9.14. The van der Waals surface area contributed by atoms with Crippen LogP contribution in [0, 0.1) is 0 Å². The van der Waals surface area contributed by atoms with Crippen molar-refractivity contribution in [3.05, 3.63) is 28.8 Å². The number of nitrogens with zero attached hydrogens (tertiary/aromatic N) is 2. The van der Waals surface area contributed by atoms with E-state index in [9.17, 15) is 4.79 Å². The van der Waals surface area contributed by atoms with Crippen LogP contribution in [-0.2, 0) is 4.79 Å². The molecule has 0 saturated heterocycles. The number of amides is 1. The van der Waals surface area contributed by atoms with E-state index in [2.05, 4.69) is 4.99 Å². The van der Waals surface area contributed by atoms with Crippen molar-refractivity contribution < 1.29 is 10.0 Å². The number of carbonyl (C=O) groups excluding carboxylic acids is 1. The van der Waals surface area contributed by atoms with Crippen LogP contribution in [-0.4, -0.2) is 15.8 Å². The molecular weight excluding hydrogens is 180 g/mol. The van der Waals surface area contributed by atoms with Gasteiger partial charge in [-0.2, -0.15) is 4.73 Å². The second-order valence-corrected chi connectivity index (χ2v) is 2.57. The van der Waals surface area contributed by atoms with Gasteiger partial charge in [-0.3, -0.25) is 4.79 Å². The Kier molecular flexibility index (Phi) is 2.50. The Morgan fingerprint density at radius 3 is 2.92 bits per heavy atom. The number of halogens is 1. The summed E-state index contributed by atoms with van der Waals surface area (Å²) in [6.07, 6.45) is 1.31. The minimum absolute atomic E-state index is 0.109. The van der Waals surface area contributed by atoms with Crippen molar-refractivity contribution in [1.82, 2.24) is 4.73 Å². The van der Waals surface area contributed by atoms with Crippen LogP contribution in [0.2, 0.25) is 5.15 Å². The topological polar surface area (TPSA) is 54.6 Å². The van der Waals surface area contributed by atoms with Crippen molar-refractivity contribution in [2.24, 2.45) is 4.99 Å². The number of rotatable bonds is 0. The highest BCUT2D eigenvalue weighted by atomic mass is 35.5. The number of hydrogen-bond donors (Lipinski definition) is 1. The Bertz CT molecular complexity index is 370. The summed E-state index contributed by atoms with van der Waals surface area (Å²) >= 11 is 5.54. The van der Waals surface area contributed by atoms with E-state index < -0.39 is 0 Å². The molecule has 1 N–H and O–H groups in total. The lowest BCUT2D eigenvalue weighted by Gasteiger charge is -1.97. The molecule has 0 unspecified atom stereocenters. The molecular formula is C7H7ClN2O2. The van der Waals surface area contributed by atoms with Gasteiger partial charge in [0.25, 0.3) is 0 Å². The molecule has 4 nitrogen and oxygen atoms in total. The fraction of sp³-hybridized carbons (Fsp3) is 0.143. The maximum atomic E-state index is 10.5. The molecule has 1 aromatic heterocycles. The van der Waals surface area contributed by atoms with Gasteiger partial charge in [-0.05, 0) is 6.07 Å². The van der Waals surface area contributed by atoms with Gasteiger partial charge < -0.3 is 5.21 Å². The van der Waals surface area contributed by atoms with Crippen LogP contribution in [0.3, 0.4) is 0 Å². The van der Waals surface area contributed by atoms with Crippen molar-refractivity contribution in [3.63, 3.8) is 0 Å². The lowest BCUT2D eigenvalue weighted by molar-refractivity contribution is -0.116. The Hall–Kier alpha value is -1.29. The number of hydrogen-bond acceptors (Lipinski definition) is 2. The van der Waals surface area contributed by atoms with Crippen LogP contribution in [0.5, 0.6) is 0 Å². The van der Waals surface area contributed by atoms with Crippen molar-refractivity contribution in [1.29, 1.82) is 0 Å². The summed E-state index contributed by atoms with van der Waals surface area (Å²) in [6.45, 7) is 1.34. The summed E-state index contributed by atoms with van der Waals surface area (Å²) < 4.78 is 0.737. The van der Waals surface area contributed by atoms with Crippen LogP contribution < -0.4 is 5.36 Å². The van der Waals surface area contributed by atoms with Crippen molar-refractivity contribution >= 4 is 17.5 Å². The Labute approximate surface area is 73.7 Å². The summed E-state index contributed by atoms with van der Waals surface area (Å²) in [5.74, 6) is -0.304. The highest BCUT2D eigenvalue weighted by molar-refractivity contribution is 6.29. The van der Waals surface area contributed by atoms with E-state index in [0.29, 0.717) is 5.36 Å². The molecule has 1 heterocycles. The third-order valence-electron chi connectivity index (χ3n) is 1.16. The van der Waals surface area contributed by atoms with Gasteiger partial charge in [0.2, 0.25) is 5.91 Å². The quantitative estimate of drug-likeness (QED) is 0.482. The number of aromatic nitrogens is 1. The standard InChI is InChI=1S/C7H7ClN2O2/c1-5(11)9-6-2-3-10(12)7(8)4-6/h2-4,12H,1H3. The van der Waals surface area contributed by atoms with Gasteiger partial charge in [-0.25, -0.2) is 4.99 Å². The number of pyridine rings is 1. The molecule has 1 amide bonds. The van der Waals surface area contributed by atoms with Gasteiger partial charge in [0.05, 0.1) is 5.36 Å². The summed E-state index contributed by atoms with van der Waals surface area (Å²) in [6, 6.07) is 2.87. The summed E-state index contributed by atoms with van der Waals surface area (Å²) in [5.41, 5.74) is 0. The average molecular weight is 187 g/mol. The highest BCUT2D eigenvalue weighted by Gasteiger charge is 1.93. The largest absolute Gasteiger partial charge is 0.428 e. The predicted molar refractivity (Wildman–Crippen MR) is 42.9 cm³/mol. The fourth-order valence-corrected chi connectivity index (χ4v) is 0.874. The van der Waals surface area contributed by atoms with Crippen molar-refractivity contribution in [3.8, 4) is 0 Å². The van der Waals surface area contributed by atoms with E-state index in [1.54, 1.807) is 0 Å². The summed E-state index contributed by atoms with van der Waals surface area (Å²) in [7, 11) is 0. The third-order valence-corrected chi connectivity index (χ3v) is 1.44. The lowest BCUT2D eigenvalue weighted by atomic mass is 10.4. The van der Waals surface area contributed by atoms with E-state index in [-0.39, 0.29) is 11.1 Å². The molecule has 0 radical (unpaired) electrons. The fourth-order valence-electron chi connectivity index (χ4n) is 0.706. The van der Waals surface area contributed by atoms with Crippen LogP contribution in [0.15, 0.2) is 23.3 Å². The van der Waals surface area contributed by atoms with Gasteiger partial charge >= 0.3 is 0 Å². The molecule has 0 atom stereocenters. The van der Waals surface area contributed by atoms with E-state index >= 15 is 0 Å². The molecule has 0 saturated carbocycles. The highest BCUT2D eigenvalue weighted by Crippen LogP contribution is 2.00. The zero-order valence-corrected chi connectivity index (χ0v) is 7.12. The van der Waals surface area contributed by atoms with Gasteiger partial charge in [-0.1, -0.05) is 11.6 Å². The van der Waals surface area contributed by atoms with E-state index in [1.165, 1.54) is 25.3 Å². The predicted octanol–water partition coefficient (Wildman–Crippen LogP) is 0.826. The molecule has 0 aliphatic heterocycles. The van der Waals surface area contributed by atoms with E-state index in [1.807, 2.05) is 0 Å². The SMILES string of the molecule is CC(=O)N=c1ccn(O)c(Cl)c1. The Morgan fingerprint density at radius 1 is 1.75 bits per heavy atom. The molecule has 1 rings (SSSR count). The molecule has 0 aromatic carbocycles. The first-order valence-corrected chi connectivity index (χ1v) is 3.60. The van der Waals surface area contributed by atoms with Crippen molar-refractivity contribution in [2.45, 2.75) is 6.92 Å². The van der Waals surface area contributed by atoms with Crippen molar-refractivity contribution in [2.75, 3.05) is 0 Å². The lowest BCUT2D eigenvalue weighted by Crippen LogP contribution is -2.07. The van der Waals surface area contributed by atoms with Crippen LogP contribution >= 0.6 is 11.6 Å². The molecule has 64 valence electrons. The van der Waals surface area contributed by atoms with E-state index in [0.717, 1.165) is 4.73 Å². The van der Waals surface area contributed by atoms with Gasteiger partial charge in [0.15, 0.2) is 0 Å². The monoisotopic (exact) mass is 186 g/mol. The van der Waals surface area contributed by atoms with Crippen LogP contribution in [0.4, 0.5) is 0 Å². The third kappa shape index (κ3) is 2.10. The number of carbonyl (C=O) groups is 1. The minimum atomic E-state index is -0.304. The van der Waals surface area contributed by atoms with Crippen LogP contribution in [0.1, 0.15) is 6.92 Å². The second kappa shape index (κ2) is 3.40. The Balaban J connectivity index is 3.22. The van der Waals surface area contributed by atoms with Gasteiger partial charge in [0.1, 0.15) is 5.15 Å². The average Bonchev–Trinajstić information content (AvgIpc) is 1.96. The molecule has 0 fully saturated rings. The molecule has 1 aromatic rings. The van der Waals surface area contributed by atoms with Gasteiger partial charge in [0, 0.05) is 19.2 Å². The minimum Gasteiger partial charge on any atom is -0.428 e. The second-order valence-electron chi connectivity index (χ2n) is 2.18. The first kappa shape index (κ1) is 8.80. The van der Waals surface area contributed by atoms with Gasteiger partial charge in [-0.15, -0.1) is 0 Å². The summed E-state index contributed by atoms with van der Waals surface area (Å²) in [4.78, 5) is 14.1. The Morgan fingerprint density at radius 2 is 2.42 bits per heavy atom.